The molecule has 90 valence electrons. The number of aromatic nitrogens is 2. The molecule has 0 atom stereocenters. The van der Waals surface area contributed by atoms with Gasteiger partial charge in [-0.2, -0.15) is 5.10 Å². The zero-order valence-corrected chi connectivity index (χ0v) is 10.9. The third-order valence-electron chi connectivity index (χ3n) is 2.83. The summed E-state index contributed by atoms with van der Waals surface area (Å²) in [5, 5.41) is 4.55. The quantitative estimate of drug-likeness (QED) is 0.764. The molecule has 0 aliphatic carbocycles. The molecule has 2 rings (SSSR count). The first-order valence-electron chi connectivity index (χ1n) is 5.78. The van der Waals surface area contributed by atoms with Crippen LogP contribution in [-0.4, -0.2) is 9.78 Å². The molecule has 0 unspecified atom stereocenters. The molecule has 2 N–H and O–H groups in total. The summed E-state index contributed by atoms with van der Waals surface area (Å²) in [6, 6.07) is 9.96. The van der Waals surface area contributed by atoms with Gasteiger partial charge in [0.1, 0.15) is 0 Å². The zero-order chi connectivity index (χ0) is 12.6. The van der Waals surface area contributed by atoms with Crippen LogP contribution in [0.2, 0.25) is 0 Å². The molecule has 3 nitrogen and oxygen atoms in total. The van der Waals surface area contributed by atoms with Gasteiger partial charge in [-0.3, -0.25) is 4.68 Å². The summed E-state index contributed by atoms with van der Waals surface area (Å²) in [6.07, 6.45) is 0. The summed E-state index contributed by atoms with van der Waals surface area (Å²) < 4.78 is 1.94. The Hall–Kier alpha value is -1.77. The summed E-state index contributed by atoms with van der Waals surface area (Å²) in [4.78, 5) is 0. The average Bonchev–Trinajstić information content (AvgIpc) is 2.60. The fourth-order valence-corrected chi connectivity index (χ4v) is 2.01. The Morgan fingerprint density at radius 1 is 1.18 bits per heavy atom. The highest BCUT2D eigenvalue weighted by Gasteiger charge is 2.19. The van der Waals surface area contributed by atoms with Crippen LogP contribution in [0.3, 0.4) is 0 Å². The molecule has 0 radical (unpaired) electrons. The van der Waals surface area contributed by atoms with Crippen molar-refractivity contribution in [3.05, 3.63) is 36.0 Å². The number of nitrogen functional groups attached to an aromatic ring is 1. The Morgan fingerprint density at radius 3 is 2.41 bits per heavy atom. The predicted molar refractivity (Wildman–Crippen MR) is 71.8 cm³/mol. The van der Waals surface area contributed by atoms with Gasteiger partial charge in [-0.25, -0.2) is 0 Å². The highest BCUT2D eigenvalue weighted by atomic mass is 15.3. The van der Waals surface area contributed by atoms with Crippen molar-refractivity contribution in [2.24, 2.45) is 7.05 Å². The molecule has 0 saturated carbocycles. The van der Waals surface area contributed by atoms with Crippen LogP contribution in [0.1, 0.15) is 26.5 Å². The lowest BCUT2D eigenvalue weighted by atomic mass is 9.91. The number of hydrogen-bond acceptors (Lipinski definition) is 2. The van der Waals surface area contributed by atoms with Crippen molar-refractivity contribution < 1.29 is 0 Å². The first-order valence-corrected chi connectivity index (χ1v) is 5.78. The van der Waals surface area contributed by atoms with Crippen LogP contribution in [0.4, 0.5) is 5.69 Å². The number of nitrogens with two attached hydrogens (primary N) is 1. The molecule has 0 aliphatic rings. The molecule has 1 heterocycles. The van der Waals surface area contributed by atoms with Crippen molar-refractivity contribution in [1.82, 2.24) is 9.78 Å². The lowest BCUT2D eigenvalue weighted by molar-refractivity contribution is 0.523. The van der Waals surface area contributed by atoms with Crippen molar-refractivity contribution in [2.75, 3.05) is 5.73 Å². The molecule has 1 aromatic heterocycles. The first-order chi connectivity index (χ1) is 7.88. The summed E-state index contributed by atoms with van der Waals surface area (Å²) in [7, 11) is 1.98. The Bertz CT molecular complexity index is 533. The van der Waals surface area contributed by atoms with Crippen molar-refractivity contribution in [1.29, 1.82) is 0 Å². The maximum atomic E-state index is 5.79. The Balaban J connectivity index is 2.49. The standard InChI is InChI=1S/C14H19N3/c1-14(2,3)13-9-12(16-17(13)4)10-6-5-7-11(15)8-10/h5-9H,15H2,1-4H3. The highest BCUT2D eigenvalue weighted by Crippen LogP contribution is 2.27. The molecule has 0 spiro atoms. The van der Waals surface area contributed by atoms with Gasteiger partial charge >= 0.3 is 0 Å². The highest BCUT2D eigenvalue weighted by molar-refractivity contribution is 5.64. The third kappa shape index (κ3) is 2.33. The van der Waals surface area contributed by atoms with Gasteiger partial charge in [0.2, 0.25) is 0 Å². The molecule has 1 aromatic carbocycles. The normalized spacial score (nSPS) is 11.8. The minimum atomic E-state index is 0.0975. The SMILES string of the molecule is Cn1nc(-c2cccc(N)c2)cc1C(C)(C)C. The fourth-order valence-electron chi connectivity index (χ4n) is 2.01. The van der Waals surface area contributed by atoms with Crippen molar-refractivity contribution in [3.63, 3.8) is 0 Å². The van der Waals surface area contributed by atoms with Crippen LogP contribution in [0.25, 0.3) is 11.3 Å². The van der Waals surface area contributed by atoms with Crippen LogP contribution in [0, 0.1) is 0 Å². The van der Waals surface area contributed by atoms with E-state index in [9.17, 15) is 0 Å². The fraction of sp³-hybridized carbons (Fsp3) is 0.357. The van der Waals surface area contributed by atoms with Gasteiger partial charge < -0.3 is 5.73 Å². The lowest BCUT2D eigenvalue weighted by Gasteiger charge is -2.17. The Morgan fingerprint density at radius 2 is 1.88 bits per heavy atom. The van der Waals surface area contributed by atoms with E-state index in [-0.39, 0.29) is 5.41 Å². The van der Waals surface area contributed by atoms with Crippen molar-refractivity contribution >= 4 is 5.69 Å². The lowest BCUT2D eigenvalue weighted by Crippen LogP contribution is -2.16. The number of hydrogen-bond donors (Lipinski definition) is 1. The molecule has 0 fully saturated rings. The number of anilines is 1. The van der Waals surface area contributed by atoms with Crippen LogP contribution in [-0.2, 0) is 12.5 Å². The smallest absolute Gasteiger partial charge is 0.0926 e. The van der Waals surface area contributed by atoms with E-state index in [0.717, 1.165) is 16.9 Å². The minimum absolute atomic E-state index is 0.0975. The van der Waals surface area contributed by atoms with Gasteiger partial charge in [0.15, 0.2) is 0 Å². The average molecular weight is 229 g/mol. The van der Waals surface area contributed by atoms with Crippen LogP contribution >= 0.6 is 0 Å². The van der Waals surface area contributed by atoms with E-state index in [1.54, 1.807) is 0 Å². The summed E-state index contributed by atoms with van der Waals surface area (Å²) in [5.74, 6) is 0. The van der Waals surface area contributed by atoms with Gasteiger partial charge in [-0.15, -0.1) is 0 Å². The maximum absolute atomic E-state index is 5.79. The molecule has 0 saturated heterocycles. The summed E-state index contributed by atoms with van der Waals surface area (Å²) >= 11 is 0. The molecule has 3 heteroatoms. The molecule has 0 amide bonds. The maximum Gasteiger partial charge on any atom is 0.0926 e. The molecular weight excluding hydrogens is 210 g/mol. The predicted octanol–water partition coefficient (Wildman–Crippen LogP) is 2.97. The van der Waals surface area contributed by atoms with E-state index in [0.29, 0.717) is 0 Å². The molecule has 0 bridgehead atoms. The van der Waals surface area contributed by atoms with E-state index in [1.807, 2.05) is 36.0 Å². The summed E-state index contributed by atoms with van der Waals surface area (Å²) in [6.45, 7) is 6.56. The van der Waals surface area contributed by atoms with Gasteiger partial charge in [-0.1, -0.05) is 32.9 Å². The molecule has 17 heavy (non-hydrogen) atoms. The number of nitrogens with zero attached hydrogens (tertiary/aromatic N) is 2. The molecule has 2 aromatic rings. The van der Waals surface area contributed by atoms with Gasteiger partial charge in [0.05, 0.1) is 5.69 Å². The van der Waals surface area contributed by atoms with Crippen molar-refractivity contribution in [2.45, 2.75) is 26.2 Å². The van der Waals surface area contributed by atoms with E-state index in [1.165, 1.54) is 5.69 Å². The van der Waals surface area contributed by atoms with Gasteiger partial charge in [0.25, 0.3) is 0 Å². The van der Waals surface area contributed by atoms with Gasteiger partial charge in [0, 0.05) is 29.4 Å². The first kappa shape index (κ1) is 11.7. The second-order valence-electron chi connectivity index (χ2n) is 5.41. The zero-order valence-electron chi connectivity index (χ0n) is 10.9. The molecule has 0 aliphatic heterocycles. The van der Waals surface area contributed by atoms with Crippen LogP contribution in [0.5, 0.6) is 0 Å². The van der Waals surface area contributed by atoms with E-state index >= 15 is 0 Å². The van der Waals surface area contributed by atoms with E-state index < -0.39 is 0 Å². The number of benzene rings is 1. The monoisotopic (exact) mass is 229 g/mol. The van der Waals surface area contributed by atoms with Crippen LogP contribution in [0.15, 0.2) is 30.3 Å². The largest absolute Gasteiger partial charge is 0.399 e. The van der Waals surface area contributed by atoms with Crippen molar-refractivity contribution in [3.8, 4) is 11.3 Å². The summed E-state index contributed by atoms with van der Waals surface area (Å²) in [5.41, 5.74) is 9.92. The van der Waals surface area contributed by atoms with E-state index in [4.69, 9.17) is 5.73 Å². The topological polar surface area (TPSA) is 43.8 Å². The second-order valence-corrected chi connectivity index (χ2v) is 5.41. The number of rotatable bonds is 1. The Labute approximate surface area is 102 Å². The number of aryl methyl sites for hydroxylation is 1. The van der Waals surface area contributed by atoms with E-state index in [2.05, 4.69) is 31.9 Å². The van der Waals surface area contributed by atoms with Crippen LogP contribution < -0.4 is 5.73 Å². The third-order valence-corrected chi connectivity index (χ3v) is 2.83. The second kappa shape index (κ2) is 3.91. The Kier molecular flexibility index (Phi) is 2.69. The minimum Gasteiger partial charge on any atom is -0.399 e. The molecular formula is C14H19N3. The van der Waals surface area contributed by atoms with Gasteiger partial charge in [-0.05, 0) is 18.2 Å².